The number of aromatic carboxylic acids is 1. The summed E-state index contributed by atoms with van der Waals surface area (Å²) in [5, 5.41) is 12.0. The highest BCUT2D eigenvalue weighted by Crippen LogP contribution is 2.32. The highest BCUT2D eigenvalue weighted by molar-refractivity contribution is 6.07. The van der Waals surface area contributed by atoms with Crippen LogP contribution >= 0.6 is 0 Å². The number of nitrogens with zero attached hydrogens (tertiary/aromatic N) is 2. The molecule has 0 fully saturated rings. The third-order valence-electron chi connectivity index (χ3n) is 2.97. The maximum absolute atomic E-state index is 11.9. The lowest BCUT2D eigenvalue weighted by Gasteiger charge is -2.08. The number of hydrogen-bond donors (Lipinski definition) is 2. The van der Waals surface area contributed by atoms with E-state index in [-0.39, 0.29) is 17.9 Å². The van der Waals surface area contributed by atoms with Crippen LogP contribution in [-0.2, 0) is 0 Å². The average molecular weight is 255 g/mol. The number of rotatable bonds is 1. The standard InChI is InChI=1S/C13H9N3O3/c17-11-5-15-10-2-1-7(13(18)19)3-8(10)12-9(11)4-14-6-16-12/h1-4,6,15H,5H2,(H,18,19). The Labute approximate surface area is 108 Å². The van der Waals surface area contributed by atoms with Crippen LogP contribution < -0.4 is 5.32 Å². The van der Waals surface area contributed by atoms with Crippen LogP contribution in [0.3, 0.4) is 0 Å². The molecule has 94 valence electrons. The molecule has 1 aliphatic rings. The Morgan fingerprint density at radius 2 is 2.16 bits per heavy atom. The molecule has 0 saturated carbocycles. The Balaban J connectivity index is 2.28. The van der Waals surface area contributed by atoms with Crippen molar-refractivity contribution < 1.29 is 14.7 Å². The van der Waals surface area contributed by atoms with Gasteiger partial charge in [-0.1, -0.05) is 0 Å². The third kappa shape index (κ3) is 1.83. The minimum Gasteiger partial charge on any atom is -0.478 e. The minimum absolute atomic E-state index is 0.122. The van der Waals surface area contributed by atoms with Gasteiger partial charge in [0.1, 0.15) is 6.33 Å². The Morgan fingerprint density at radius 3 is 2.95 bits per heavy atom. The maximum Gasteiger partial charge on any atom is 0.335 e. The van der Waals surface area contributed by atoms with Gasteiger partial charge in [-0.15, -0.1) is 0 Å². The summed E-state index contributed by atoms with van der Waals surface area (Å²) in [5.41, 5.74) is 2.30. The summed E-state index contributed by atoms with van der Waals surface area (Å²) < 4.78 is 0. The first kappa shape index (κ1) is 11.3. The topological polar surface area (TPSA) is 92.2 Å². The Morgan fingerprint density at radius 1 is 1.32 bits per heavy atom. The summed E-state index contributed by atoms with van der Waals surface area (Å²) in [7, 11) is 0. The van der Waals surface area contributed by atoms with Crippen LogP contribution in [0.25, 0.3) is 11.3 Å². The van der Waals surface area contributed by atoms with Gasteiger partial charge in [-0.2, -0.15) is 0 Å². The van der Waals surface area contributed by atoms with Crippen LogP contribution in [0.5, 0.6) is 0 Å². The van der Waals surface area contributed by atoms with Crippen LogP contribution in [0, 0.1) is 0 Å². The van der Waals surface area contributed by atoms with Crippen LogP contribution in [-0.4, -0.2) is 33.4 Å². The highest BCUT2D eigenvalue weighted by Gasteiger charge is 2.22. The second kappa shape index (κ2) is 4.16. The van der Waals surface area contributed by atoms with E-state index in [2.05, 4.69) is 15.3 Å². The summed E-state index contributed by atoms with van der Waals surface area (Å²) in [5.74, 6) is -1.14. The zero-order chi connectivity index (χ0) is 13.4. The molecule has 2 N–H and O–H groups in total. The molecule has 19 heavy (non-hydrogen) atoms. The fourth-order valence-corrected chi connectivity index (χ4v) is 2.05. The third-order valence-corrected chi connectivity index (χ3v) is 2.97. The van der Waals surface area contributed by atoms with Crippen molar-refractivity contribution in [1.82, 2.24) is 9.97 Å². The molecule has 0 aliphatic carbocycles. The number of carboxylic acid groups (broad SMARTS) is 1. The van der Waals surface area contributed by atoms with E-state index in [1.54, 1.807) is 6.07 Å². The predicted octanol–water partition coefficient (Wildman–Crippen LogP) is 1.45. The van der Waals surface area contributed by atoms with Gasteiger partial charge in [0.2, 0.25) is 0 Å². The molecule has 2 heterocycles. The summed E-state index contributed by atoms with van der Waals surface area (Å²) >= 11 is 0. The number of benzene rings is 1. The van der Waals surface area contributed by atoms with Gasteiger partial charge in [-0.05, 0) is 18.2 Å². The lowest BCUT2D eigenvalue weighted by molar-refractivity contribution is 0.0696. The molecular formula is C13H9N3O3. The summed E-state index contributed by atoms with van der Waals surface area (Å²) in [6, 6.07) is 4.64. The monoisotopic (exact) mass is 255 g/mol. The number of Topliss-reactive ketones (excluding diaryl/α,β-unsaturated/α-hetero) is 1. The predicted molar refractivity (Wildman–Crippen MR) is 67.2 cm³/mol. The highest BCUT2D eigenvalue weighted by atomic mass is 16.4. The van der Waals surface area contributed by atoms with E-state index in [9.17, 15) is 9.59 Å². The summed E-state index contributed by atoms with van der Waals surface area (Å²) in [4.78, 5) is 30.9. The normalized spacial score (nSPS) is 12.9. The van der Waals surface area contributed by atoms with Crippen molar-refractivity contribution in [2.24, 2.45) is 0 Å². The number of carbonyl (C=O) groups excluding carboxylic acids is 1. The second-order valence-corrected chi connectivity index (χ2v) is 4.13. The molecule has 1 aromatic heterocycles. The van der Waals surface area contributed by atoms with Crippen molar-refractivity contribution in [1.29, 1.82) is 0 Å². The molecule has 6 nitrogen and oxygen atoms in total. The van der Waals surface area contributed by atoms with Crippen molar-refractivity contribution in [3.05, 3.63) is 41.9 Å². The van der Waals surface area contributed by atoms with Crippen molar-refractivity contribution in [2.75, 3.05) is 11.9 Å². The molecule has 0 amide bonds. The van der Waals surface area contributed by atoms with Gasteiger partial charge in [0, 0.05) is 17.4 Å². The molecule has 6 heteroatoms. The van der Waals surface area contributed by atoms with Crippen molar-refractivity contribution >= 4 is 17.4 Å². The number of anilines is 1. The van der Waals surface area contributed by atoms with Crippen LogP contribution in [0.2, 0.25) is 0 Å². The number of ketones is 1. The molecule has 1 aliphatic heterocycles. The van der Waals surface area contributed by atoms with Gasteiger partial charge < -0.3 is 10.4 Å². The second-order valence-electron chi connectivity index (χ2n) is 4.13. The quantitative estimate of drug-likeness (QED) is 0.801. The van der Waals surface area contributed by atoms with Gasteiger partial charge >= 0.3 is 5.97 Å². The van der Waals surface area contributed by atoms with Crippen LogP contribution in [0.15, 0.2) is 30.7 Å². The molecule has 0 bridgehead atoms. The molecule has 2 aromatic rings. The molecule has 0 unspecified atom stereocenters. The van der Waals surface area contributed by atoms with Crippen molar-refractivity contribution in [3.63, 3.8) is 0 Å². The largest absolute Gasteiger partial charge is 0.478 e. The van der Waals surface area contributed by atoms with E-state index in [0.29, 0.717) is 22.5 Å². The molecule has 1 aromatic carbocycles. The van der Waals surface area contributed by atoms with E-state index in [1.807, 2.05) is 0 Å². The smallest absolute Gasteiger partial charge is 0.335 e. The molecular weight excluding hydrogens is 246 g/mol. The van der Waals surface area contributed by atoms with E-state index >= 15 is 0 Å². The Hall–Kier alpha value is -2.76. The Kier molecular flexibility index (Phi) is 2.49. The number of hydrogen-bond acceptors (Lipinski definition) is 5. The lowest BCUT2D eigenvalue weighted by Crippen LogP contribution is -2.12. The molecule has 0 atom stereocenters. The van der Waals surface area contributed by atoms with E-state index in [1.165, 1.54) is 24.7 Å². The number of nitrogens with one attached hydrogen (secondary N) is 1. The number of carboxylic acids is 1. The zero-order valence-electron chi connectivity index (χ0n) is 9.75. The van der Waals surface area contributed by atoms with E-state index < -0.39 is 5.97 Å². The maximum atomic E-state index is 11.9. The average Bonchev–Trinajstić information content (AvgIpc) is 2.57. The van der Waals surface area contributed by atoms with Crippen LogP contribution in [0.4, 0.5) is 5.69 Å². The molecule has 0 spiro atoms. The van der Waals surface area contributed by atoms with E-state index in [4.69, 9.17) is 5.11 Å². The van der Waals surface area contributed by atoms with Gasteiger partial charge in [0.15, 0.2) is 5.78 Å². The molecule has 3 rings (SSSR count). The fourth-order valence-electron chi connectivity index (χ4n) is 2.05. The minimum atomic E-state index is -1.02. The number of carbonyl (C=O) groups is 2. The van der Waals surface area contributed by atoms with E-state index in [0.717, 1.165) is 0 Å². The Bertz CT molecular complexity index is 697. The SMILES string of the molecule is O=C(O)c1ccc2c(c1)-c1ncncc1C(=O)CN2. The number of fused-ring (bicyclic) bond motifs is 3. The molecule has 0 saturated heterocycles. The first-order valence-corrected chi connectivity index (χ1v) is 5.61. The van der Waals surface area contributed by atoms with Gasteiger partial charge in [0.25, 0.3) is 0 Å². The first-order chi connectivity index (χ1) is 9.16. The van der Waals surface area contributed by atoms with Gasteiger partial charge in [-0.25, -0.2) is 14.8 Å². The van der Waals surface area contributed by atoms with Crippen molar-refractivity contribution in [2.45, 2.75) is 0 Å². The number of aromatic nitrogens is 2. The summed E-state index contributed by atoms with van der Waals surface area (Å²) in [6.07, 6.45) is 2.80. The lowest BCUT2D eigenvalue weighted by atomic mass is 10.0. The summed E-state index contributed by atoms with van der Waals surface area (Å²) in [6.45, 7) is 0.139. The fraction of sp³-hybridized carbons (Fsp3) is 0.0769. The van der Waals surface area contributed by atoms with Gasteiger partial charge in [0.05, 0.1) is 23.4 Å². The first-order valence-electron chi connectivity index (χ1n) is 5.61. The zero-order valence-corrected chi connectivity index (χ0v) is 9.75. The van der Waals surface area contributed by atoms with Crippen molar-refractivity contribution in [3.8, 4) is 11.3 Å². The van der Waals surface area contributed by atoms with Crippen LogP contribution in [0.1, 0.15) is 20.7 Å². The molecule has 0 radical (unpaired) electrons. The van der Waals surface area contributed by atoms with Gasteiger partial charge in [-0.3, -0.25) is 4.79 Å².